The smallest absolute Gasteiger partial charge is 0.272 e. The van der Waals surface area contributed by atoms with Gasteiger partial charge in [0.25, 0.3) is 11.6 Å². The van der Waals surface area contributed by atoms with E-state index in [-0.39, 0.29) is 11.6 Å². The van der Waals surface area contributed by atoms with Crippen LogP contribution in [0.4, 0.5) is 10.8 Å². The van der Waals surface area contributed by atoms with Crippen molar-refractivity contribution in [2.24, 2.45) is 0 Å². The molecule has 0 spiro atoms. The van der Waals surface area contributed by atoms with Crippen molar-refractivity contribution < 1.29 is 9.72 Å². The number of carbonyl (C=O) groups excluding carboxylic acids is 1. The third kappa shape index (κ3) is 4.17. The topological polar surface area (TPSA) is 98.0 Å². The van der Waals surface area contributed by atoms with Gasteiger partial charge in [0.05, 0.1) is 4.92 Å². The van der Waals surface area contributed by atoms with Crippen LogP contribution in [0.2, 0.25) is 0 Å². The lowest BCUT2D eigenvalue weighted by Crippen LogP contribution is -2.12. The molecule has 0 saturated heterocycles. The van der Waals surface area contributed by atoms with Gasteiger partial charge in [-0.3, -0.25) is 20.2 Å². The van der Waals surface area contributed by atoms with Gasteiger partial charge in [-0.05, 0) is 30.5 Å². The van der Waals surface area contributed by atoms with E-state index in [4.69, 9.17) is 0 Å². The number of aryl methyl sites for hydroxylation is 1. The van der Waals surface area contributed by atoms with Crippen molar-refractivity contribution in [3.63, 3.8) is 0 Å². The maximum Gasteiger partial charge on any atom is 0.272 e. The Balaban J connectivity index is 1.74. The second-order valence-corrected chi connectivity index (χ2v) is 7.38. The lowest BCUT2D eigenvalue weighted by molar-refractivity contribution is -0.385. The van der Waals surface area contributed by atoms with E-state index >= 15 is 0 Å². The zero-order chi connectivity index (χ0) is 19.6. The van der Waals surface area contributed by atoms with Gasteiger partial charge in [-0.25, -0.2) is 0 Å². The molecule has 0 radical (unpaired) electrons. The van der Waals surface area contributed by atoms with Gasteiger partial charge in [-0.15, -0.1) is 10.2 Å². The standard InChI is InChI=1S/C19H18N4O3S/c1-11(2)13-4-6-14(7-5-13)18-21-22-19(27-18)20-17(24)15-8-9-16(23(25)26)12(3)10-15/h4-11H,1-3H3,(H,20,22,24). The van der Waals surface area contributed by atoms with E-state index < -0.39 is 4.92 Å². The molecule has 8 heteroatoms. The van der Waals surface area contributed by atoms with Crippen LogP contribution in [0.15, 0.2) is 42.5 Å². The molecular weight excluding hydrogens is 364 g/mol. The Hall–Kier alpha value is -3.13. The molecule has 7 nitrogen and oxygen atoms in total. The van der Waals surface area contributed by atoms with Crippen LogP contribution in [0.25, 0.3) is 10.6 Å². The van der Waals surface area contributed by atoms with Crippen LogP contribution in [-0.4, -0.2) is 21.0 Å². The van der Waals surface area contributed by atoms with Crippen molar-refractivity contribution in [3.8, 4) is 10.6 Å². The van der Waals surface area contributed by atoms with Crippen LogP contribution >= 0.6 is 11.3 Å². The maximum atomic E-state index is 12.4. The molecule has 0 fully saturated rings. The summed E-state index contributed by atoms with van der Waals surface area (Å²) in [6.07, 6.45) is 0. The molecule has 3 rings (SSSR count). The van der Waals surface area contributed by atoms with Gasteiger partial charge in [0.1, 0.15) is 5.01 Å². The summed E-state index contributed by atoms with van der Waals surface area (Å²) in [4.78, 5) is 22.8. The molecule has 0 bridgehead atoms. The predicted molar refractivity (Wildman–Crippen MR) is 105 cm³/mol. The first-order chi connectivity index (χ1) is 12.8. The second-order valence-electron chi connectivity index (χ2n) is 6.40. The van der Waals surface area contributed by atoms with Crippen molar-refractivity contribution >= 4 is 28.1 Å². The first-order valence-electron chi connectivity index (χ1n) is 8.35. The number of benzene rings is 2. The number of hydrogen-bond acceptors (Lipinski definition) is 6. The van der Waals surface area contributed by atoms with Gasteiger partial charge >= 0.3 is 0 Å². The van der Waals surface area contributed by atoms with Crippen LogP contribution in [-0.2, 0) is 0 Å². The Morgan fingerprint density at radius 2 is 1.85 bits per heavy atom. The molecule has 1 heterocycles. The van der Waals surface area contributed by atoms with Crippen molar-refractivity contribution in [3.05, 3.63) is 69.3 Å². The van der Waals surface area contributed by atoms with Gasteiger partial charge in [0, 0.05) is 22.8 Å². The SMILES string of the molecule is Cc1cc(C(=O)Nc2nnc(-c3ccc(C(C)C)cc3)s2)ccc1[N+](=O)[O-]. The molecule has 1 aromatic heterocycles. The highest BCUT2D eigenvalue weighted by molar-refractivity contribution is 7.18. The summed E-state index contributed by atoms with van der Waals surface area (Å²) in [5.74, 6) is 0.0688. The van der Waals surface area contributed by atoms with Crippen LogP contribution in [0.1, 0.15) is 41.3 Å². The van der Waals surface area contributed by atoms with Gasteiger partial charge in [0.15, 0.2) is 0 Å². The number of anilines is 1. The number of nitrogens with one attached hydrogen (secondary N) is 1. The average molecular weight is 382 g/mol. The minimum absolute atomic E-state index is 0.0189. The fraction of sp³-hybridized carbons (Fsp3) is 0.211. The lowest BCUT2D eigenvalue weighted by atomic mass is 10.0. The Bertz CT molecular complexity index is 996. The number of rotatable bonds is 5. The summed E-state index contributed by atoms with van der Waals surface area (Å²) >= 11 is 1.27. The highest BCUT2D eigenvalue weighted by Crippen LogP contribution is 2.28. The number of aromatic nitrogens is 2. The number of nitro groups is 1. The van der Waals surface area contributed by atoms with E-state index in [2.05, 4.69) is 41.5 Å². The molecule has 138 valence electrons. The van der Waals surface area contributed by atoms with Crippen molar-refractivity contribution in [2.45, 2.75) is 26.7 Å². The van der Waals surface area contributed by atoms with E-state index in [0.717, 1.165) is 5.56 Å². The predicted octanol–water partition coefficient (Wildman–Crippen LogP) is 4.80. The van der Waals surface area contributed by atoms with Crippen molar-refractivity contribution in [1.29, 1.82) is 0 Å². The lowest BCUT2D eigenvalue weighted by Gasteiger charge is -2.05. The summed E-state index contributed by atoms with van der Waals surface area (Å²) in [6.45, 7) is 5.86. The molecule has 2 aromatic carbocycles. The molecule has 27 heavy (non-hydrogen) atoms. The Morgan fingerprint density at radius 3 is 2.44 bits per heavy atom. The minimum atomic E-state index is -0.474. The van der Waals surface area contributed by atoms with Gasteiger partial charge in [-0.1, -0.05) is 49.4 Å². The van der Waals surface area contributed by atoms with E-state index in [1.54, 1.807) is 6.92 Å². The number of amides is 1. The van der Waals surface area contributed by atoms with Gasteiger partial charge in [0.2, 0.25) is 5.13 Å². The zero-order valence-electron chi connectivity index (χ0n) is 15.1. The molecule has 0 aliphatic heterocycles. The van der Waals surface area contributed by atoms with Gasteiger partial charge in [-0.2, -0.15) is 0 Å². The number of hydrogen-bond donors (Lipinski definition) is 1. The molecule has 0 saturated carbocycles. The van der Waals surface area contributed by atoms with Crippen LogP contribution in [0.3, 0.4) is 0 Å². The fourth-order valence-electron chi connectivity index (χ4n) is 2.57. The molecule has 1 amide bonds. The maximum absolute atomic E-state index is 12.4. The summed E-state index contributed by atoms with van der Waals surface area (Å²) < 4.78 is 0. The normalized spacial score (nSPS) is 10.8. The first-order valence-corrected chi connectivity index (χ1v) is 9.17. The van der Waals surface area contributed by atoms with Gasteiger partial charge < -0.3 is 0 Å². The quantitative estimate of drug-likeness (QED) is 0.505. The fourth-order valence-corrected chi connectivity index (χ4v) is 3.32. The molecule has 3 aromatic rings. The molecule has 1 N–H and O–H groups in total. The second kappa shape index (κ2) is 7.63. The highest BCUT2D eigenvalue weighted by atomic mass is 32.1. The van der Waals surface area contributed by atoms with Crippen LogP contribution < -0.4 is 5.32 Å². The molecule has 0 atom stereocenters. The summed E-state index contributed by atoms with van der Waals surface area (Å²) in [5, 5.41) is 22.8. The van der Waals surface area contributed by atoms with E-state index in [1.807, 2.05) is 12.1 Å². The first kappa shape index (κ1) is 18.7. The van der Waals surface area contributed by atoms with Crippen LogP contribution in [0, 0.1) is 17.0 Å². The largest absolute Gasteiger partial charge is 0.296 e. The number of carbonyl (C=O) groups is 1. The summed E-state index contributed by atoms with van der Waals surface area (Å²) in [7, 11) is 0. The van der Waals surface area contributed by atoms with Crippen LogP contribution in [0.5, 0.6) is 0 Å². The summed E-state index contributed by atoms with van der Waals surface area (Å²) in [6, 6.07) is 12.3. The third-order valence-corrected chi connectivity index (χ3v) is 5.01. The van der Waals surface area contributed by atoms with E-state index in [1.165, 1.54) is 35.1 Å². The highest BCUT2D eigenvalue weighted by Gasteiger charge is 2.15. The number of nitro benzene ring substituents is 1. The third-order valence-electron chi connectivity index (χ3n) is 4.13. The Morgan fingerprint density at radius 1 is 1.15 bits per heavy atom. The van der Waals surface area contributed by atoms with E-state index in [0.29, 0.717) is 27.2 Å². The molecule has 0 aliphatic carbocycles. The van der Waals surface area contributed by atoms with E-state index in [9.17, 15) is 14.9 Å². The summed E-state index contributed by atoms with van der Waals surface area (Å²) in [5.41, 5.74) is 2.91. The van der Waals surface area contributed by atoms with Crippen molar-refractivity contribution in [1.82, 2.24) is 10.2 Å². The van der Waals surface area contributed by atoms with Crippen molar-refractivity contribution in [2.75, 3.05) is 5.32 Å². The number of nitrogens with zero attached hydrogens (tertiary/aromatic N) is 3. The Kier molecular flexibility index (Phi) is 5.27. The Labute approximate surface area is 160 Å². The minimum Gasteiger partial charge on any atom is -0.296 e. The molecule has 0 unspecified atom stereocenters. The molecule has 0 aliphatic rings. The average Bonchev–Trinajstić information content (AvgIpc) is 3.09. The molecular formula is C19H18N4O3S. The monoisotopic (exact) mass is 382 g/mol. The zero-order valence-corrected chi connectivity index (χ0v) is 15.9.